The van der Waals surface area contributed by atoms with Crippen molar-refractivity contribution in [3.8, 4) is 6.07 Å². The SMILES string of the molecule is CC(C#N)CN1C(=O)CC(C)(c2ccccc2)C1=O. The fourth-order valence-corrected chi connectivity index (χ4v) is 2.42. The van der Waals surface area contributed by atoms with Gasteiger partial charge in [0.05, 0.1) is 17.4 Å². The fraction of sp³-hybridized carbons (Fsp3) is 0.400. The van der Waals surface area contributed by atoms with Gasteiger partial charge in [-0.05, 0) is 19.4 Å². The summed E-state index contributed by atoms with van der Waals surface area (Å²) < 4.78 is 0. The van der Waals surface area contributed by atoms with Gasteiger partial charge in [-0.15, -0.1) is 0 Å². The van der Waals surface area contributed by atoms with Crippen LogP contribution in [0, 0.1) is 17.2 Å². The Morgan fingerprint density at radius 1 is 1.37 bits per heavy atom. The van der Waals surface area contributed by atoms with Crippen molar-refractivity contribution in [1.82, 2.24) is 4.90 Å². The molecular weight excluding hydrogens is 240 g/mol. The van der Waals surface area contributed by atoms with Crippen LogP contribution in [0.5, 0.6) is 0 Å². The van der Waals surface area contributed by atoms with Crippen LogP contribution in [-0.2, 0) is 15.0 Å². The molecule has 2 atom stereocenters. The van der Waals surface area contributed by atoms with Gasteiger partial charge in [0.15, 0.2) is 0 Å². The molecule has 1 aromatic carbocycles. The summed E-state index contributed by atoms with van der Waals surface area (Å²) in [7, 11) is 0. The maximum Gasteiger partial charge on any atom is 0.240 e. The topological polar surface area (TPSA) is 61.2 Å². The molecule has 1 heterocycles. The Morgan fingerprint density at radius 3 is 2.58 bits per heavy atom. The molecule has 2 rings (SSSR count). The van der Waals surface area contributed by atoms with E-state index in [0.29, 0.717) is 0 Å². The number of amides is 2. The summed E-state index contributed by atoms with van der Waals surface area (Å²) in [5, 5.41) is 8.82. The molecule has 0 radical (unpaired) electrons. The van der Waals surface area contributed by atoms with E-state index in [1.807, 2.05) is 30.3 Å². The monoisotopic (exact) mass is 256 g/mol. The fourth-order valence-electron chi connectivity index (χ4n) is 2.42. The van der Waals surface area contributed by atoms with E-state index in [9.17, 15) is 9.59 Å². The molecule has 0 bridgehead atoms. The smallest absolute Gasteiger partial charge is 0.240 e. The summed E-state index contributed by atoms with van der Waals surface area (Å²) in [6.45, 7) is 3.68. The van der Waals surface area contributed by atoms with Gasteiger partial charge in [0.2, 0.25) is 11.8 Å². The van der Waals surface area contributed by atoms with Crippen LogP contribution in [0.4, 0.5) is 0 Å². The third-order valence-electron chi connectivity index (χ3n) is 3.61. The van der Waals surface area contributed by atoms with E-state index in [1.54, 1.807) is 13.8 Å². The largest absolute Gasteiger partial charge is 0.280 e. The number of likely N-dealkylation sites (tertiary alicyclic amines) is 1. The number of rotatable bonds is 3. The summed E-state index contributed by atoms with van der Waals surface area (Å²) >= 11 is 0. The lowest BCUT2D eigenvalue weighted by atomic mass is 9.81. The molecule has 1 aromatic rings. The lowest BCUT2D eigenvalue weighted by molar-refractivity contribution is -0.140. The molecule has 0 aromatic heterocycles. The number of nitriles is 1. The van der Waals surface area contributed by atoms with E-state index in [0.717, 1.165) is 5.56 Å². The second-order valence-corrected chi connectivity index (χ2v) is 5.21. The molecule has 0 N–H and O–H groups in total. The van der Waals surface area contributed by atoms with Gasteiger partial charge in [-0.2, -0.15) is 5.26 Å². The Labute approximate surface area is 112 Å². The first-order chi connectivity index (χ1) is 8.99. The van der Waals surface area contributed by atoms with Crippen molar-refractivity contribution in [1.29, 1.82) is 5.26 Å². The van der Waals surface area contributed by atoms with Crippen molar-refractivity contribution < 1.29 is 9.59 Å². The van der Waals surface area contributed by atoms with Crippen LogP contribution in [0.2, 0.25) is 0 Å². The molecule has 1 saturated heterocycles. The first-order valence-corrected chi connectivity index (χ1v) is 6.29. The summed E-state index contributed by atoms with van der Waals surface area (Å²) in [5.74, 6) is -0.740. The maximum absolute atomic E-state index is 12.5. The van der Waals surface area contributed by atoms with Gasteiger partial charge < -0.3 is 0 Å². The van der Waals surface area contributed by atoms with Crippen molar-refractivity contribution in [2.45, 2.75) is 25.7 Å². The van der Waals surface area contributed by atoms with E-state index < -0.39 is 5.41 Å². The Morgan fingerprint density at radius 2 is 2.00 bits per heavy atom. The molecule has 4 heteroatoms. The van der Waals surface area contributed by atoms with Crippen molar-refractivity contribution in [2.24, 2.45) is 5.92 Å². The van der Waals surface area contributed by atoms with Crippen LogP contribution in [0.1, 0.15) is 25.8 Å². The molecule has 98 valence electrons. The van der Waals surface area contributed by atoms with Gasteiger partial charge in [-0.25, -0.2) is 0 Å². The maximum atomic E-state index is 12.5. The number of carbonyl (C=O) groups is 2. The highest BCUT2D eigenvalue weighted by Crippen LogP contribution is 2.36. The van der Waals surface area contributed by atoms with Gasteiger partial charge in [0, 0.05) is 13.0 Å². The average molecular weight is 256 g/mol. The second-order valence-electron chi connectivity index (χ2n) is 5.21. The standard InChI is InChI=1S/C15H16N2O2/c1-11(9-16)10-17-13(18)8-15(2,14(17)19)12-6-4-3-5-7-12/h3-7,11H,8,10H2,1-2H3. The minimum absolute atomic E-state index is 0.175. The predicted molar refractivity (Wildman–Crippen MR) is 69.9 cm³/mol. The summed E-state index contributed by atoms with van der Waals surface area (Å²) in [5.41, 5.74) is 0.0496. The van der Waals surface area contributed by atoms with Crippen molar-refractivity contribution in [3.63, 3.8) is 0 Å². The molecule has 1 aliphatic heterocycles. The normalized spacial score (nSPS) is 24.4. The lowest BCUT2D eigenvalue weighted by Gasteiger charge is -2.23. The van der Waals surface area contributed by atoms with Gasteiger partial charge in [-0.1, -0.05) is 30.3 Å². The predicted octanol–water partition coefficient (Wildman–Crippen LogP) is 1.86. The molecular formula is C15H16N2O2. The number of hydrogen-bond donors (Lipinski definition) is 0. The van der Waals surface area contributed by atoms with Crippen LogP contribution >= 0.6 is 0 Å². The molecule has 1 aliphatic rings. The van der Waals surface area contributed by atoms with E-state index in [4.69, 9.17) is 5.26 Å². The third kappa shape index (κ3) is 2.24. The third-order valence-corrected chi connectivity index (χ3v) is 3.61. The Balaban J connectivity index is 2.30. The number of imide groups is 1. The van der Waals surface area contributed by atoms with Gasteiger partial charge in [0.25, 0.3) is 0 Å². The number of benzene rings is 1. The van der Waals surface area contributed by atoms with E-state index in [-0.39, 0.29) is 30.7 Å². The first kappa shape index (κ1) is 13.3. The van der Waals surface area contributed by atoms with Crippen LogP contribution in [0.15, 0.2) is 30.3 Å². The summed E-state index contributed by atoms with van der Waals surface area (Å²) in [6.07, 6.45) is 0.175. The first-order valence-electron chi connectivity index (χ1n) is 6.29. The number of hydrogen-bond acceptors (Lipinski definition) is 3. The van der Waals surface area contributed by atoms with Crippen molar-refractivity contribution in [2.75, 3.05) is 6.54 Å². The highest BCUT2D eigenvalue weighted by Gasteiger charge is 2.49. The zero-order valence-corrected chi connectivity index (χ0v) is 11.1. The van der Waals surface area contributed by atoms with Crippen molar-refractivity contribution >= 4 is 11.8 Å². The zero-order valence-electron chi connectivity index (χ0n) is 11.1. The van der Waals surface area contributed by atoms with Crippen LogP contribution in [-0.4, -0.2) is 23.3 Å². The molecule has 2 amide bonds. The molecule has 19 heavy (non-hydrogen) atoms. The Kier molecular flexibility index (Phi) is 3.39. The van der Waals surface area contributed by atoms with Crippen LogP contribution in [0.3, 0.4) is 0 Å². The number of nitrogens with zero attached hydrogens (tertiary/aromatic N) is 2. The molecule has 0 saturated carbocycles. The molecule has 1 fully saturated rings. The molecule has 4 nitrogen and oxygen atoms in total. The molecule has 0 aliphatic carbocycles. The van der Waals surface area contributed by atoms with Crippen LogP contribution in [0.25, 0.3) is 0 Å². The van der Waals surface area contributed by atoms with Gasteiger partial charge >= 0.3 is 0 Å². The zero-order chi connectivity index (χ0) is 14.0. The minimum Gasteiger partial charge on any atom is -0.280 e. The van der Waals surface area contributed by atoms with E-state index in [2.05, 4.69) is 6.07 Å². The average Bonchev–Trinajstić information content (AvgIpc) is 2.64. The quantitative estimate of drug-likeness (QED) is 0.775. The second kappa shape index (κ2) is 4.85. The number of carbonyl (C=O) groups excluding carboxylic acids is 2. The minimum atomic E-state index is -0.798. The summed E-state index contributed by atoms with van der Waals surface area (Å²) in [4.78, 5) is 25.7. The summed E-state index contributed by atoms with van der Waals surface area (Å²) in [6, 6.07) is 11.4. The Hall–Kier alpha value is -2.15. The molecule has 0 spiro atoms. The van der Waals surface area contributed by atoms with E-state index >= 15 is 0 Å². The van der Waals surface area contributed by atoms with Gasteiger partial charge in [-0.3, -0.25) is 14.5 Å². The van der Waals surface area contributed by atoms with Crippen LogP contribution < -0.4 is 0 Å². The van der Waals surface area contributed by atoms with Gasteiger partial charge in [0.1, 0.15) is 0 Å². The lowest BCUT2D eigenvalue weighted by Crippen LogP contribution is -2.38. The van der Waals surface area contributed by atoms with Crippen molar-refractivity contribution in [3.05, 3.63) is 35.9 Å². The highest BCUT2D eigenvalue weighted by atomic mass is 16.2. The highest BCUT2D eigenvalue weighted by molar-refractivity contribution is 6.08. The molecule has 2 unspecified atom stereocenters. The Bertz CT molecular complexity index is 547. The van der Waals surface area contributed by atoms with E-state index in [1.165, 1.54) is 4.90 Å².